The summed E-state index contributed by atoms with van der Waals surface area (Å²) in [4.78, 5) is 18.7. The van der Waals surface area contributed by atoms with E-state index < -0.39 is 0 Å². The van der Waals surface area contributed by atoms with E-state index in [4.69, 9.17) is 4.42 Å². The first-order chi connectivity index (χ1) is 11.5. The minimum Gasteiger partial charge on any atom is -0.441 e. The Balaban J connectivity index is 1.79. The molecule has 0 N–H and O–H groups in total. The van der Waals surface area contributed by atoms with Gasteiger partial charge in [0.15, 0.2) is 5.69 Å². The highest BCUT2D eigenvalue weighted by Crippen LogP contribution is 2.22. The molecule has 1 heterocycles. The lowest BCUT2D eigenvalue weighted by atomic mass is 10.2. The van der Waals surface area contributed by atoms with Crippen molar-refractivity contribution in [2.45, 2.75) is 13.5 Å². The van der Waals surface area contributed by atoms with Crippen molar-refractivity contribution in [1.29, 1.82) is 0 Å². The largest absolute Gasteiger partial charge is 0.441 e. The molecule has 0 spiro atoms. The van der Waals surface area contributed by atoms with E-state index in [-0.39, 0.29) is 5.91 Å². The first-order valence-corrected chi connectivity index (χ1v) is 8.36. The molecule has 0 bridgehead atoms. The summed E-state index contributed by atoms with van der Waals surface area (Å²) in [5.74, 6) is 0.844. The molecule has 122 valence electrons. The predicted octanol–water partition coefficient (Wildman–Crippen LogP) is 4.68. The Morgan fingerprint density at radius 1 is 1.12 bits per heavy atom. The van der Waals surface area contributed by atoms with E-state index >= 15 is 0 Å². The van der Waals surface area contributed by atoms with Gasteiger partial charge in [0.25, 0.3) is 5.91 Å². The summed E-state index contributed by atoms with van der Waals surface area (Å²) in [5.41, 5.74) is 2.27. The number of aryl methyl sites for hydroxylation is 1. The third-order valence-corrected chi connectivity index (χ3v) is 4.23. The third-order valence-electron chi connectivity index (χ3n) is 3.70. The van der Waals surface area contributed by atoms with Crippen LogP contribution in [0.1, 0.15) is 21.8 Å². The average molecular weight is 385 g/mol. The Bertz CT molecular complexity index is 842. The molecule has 0 saturated heterocycles. The zero-order chi connectivity index (χ0) is 17.1. The second-order valence-electron chi connectivity index (χ2n) is 5.58. The van der Waals surface area contributed by atoms with Gasteiger partial charge in [-0.15, -0.1) is 0 Å². The highest BCUT2D eigenvalue weighted by atomic mass is 79.9. The fourth-order valence-electron chi connectivity index (χ4n) is 2.42. The van der Waals surface area contributed by atoms with Crippen LogP contribution in [-0.4, -0.2) is 22.8 Å². The first-order valence-electron chi connectivity index (χ1n) is 7.57. The van der Waals surface area contributed by atoms with Crippen molar-refractivity contribution in [3.8, 4) is 11.5 Å². The second kappa shape index (κ2) is 7.01. The minimum absolute atomic E-state index is 0.152. The Hall–Kier alpha value is -2.40. The number of aromatic nitrogens is 1. The van der Waals surface area contributed by atoms with Gasteiger partial charge in [-0.25, -0.2) is 4.98 Å². The zero-order valence-corrected chi connectivity index (χ0v) is 15.1. The van der Waals surface area contributed by atoms with Gasteiger partial charge in [-0.3, -0.25) is 4.79 Å². The van der Waals surface area contributed by atoms with Gasteiger partial charge >= 0.3 is 0 Å². The number of amides is 1. The third kappa shape index (κ3) is 3.57. The molecule has 0 fully saturated rings. The maximum absolute atomic E-state index is 12.7. The van der Waals surface area contributed by atoms with E-state index in [9.17, 15) is 4.79 Å². The molecule has 1 aromatic heterocycles. The Morgan fingerprint density at radius 2 is 1.79 bits per heavy atom. The number of halogens is 1. The predicted molar refractivity (Wildman–Crippen MR) is 96.6 cm³/mol. The summed E-state index contributed by atoms with van der Waals surface area (Å²) in [6, 6.07) is 17.5. The van der Waals surface area contributed by atoms with Crippen molar-refractivity contribution in [1.82, 2.24) is 9.88 Å². The molecular formula is C19H17BrN2O2. The molecule has 3 aromatic rings. The van der Waals surface area contributed by atoms with E-state index in [1.165, 1.54) is 0 Å². The number of hydrogen-bond donors (Lipinski definition) is 0. The molecule has 5 heteroatoms. The van der Waals surface area contributed by atoms with Crippen LogP contribution in [0, 0.1) is 6.92 Å². The second-order valence-corrected chi connectivity index (χ2v) is 6.49. The van der Waals surface area contributed by atoms with E-state index in [1.807, 2.05) is 54.6 Å². The van der Waals surface area contributed by atoms with Crippen LogP contribution in [0.5, 0.6) is 0 Å². The number of hydrogen-bond acceptors (Lipinski definition) is 3. The highest BCUT2D eigenvalue weighted by molar-refractivity contribution is 9.10. The summed E-state index contributed by atoms with van der Waals surface area (Å²) < 4.78 is 6.69. The van der Waals surface area contributed by atoms with Gasteiger partial charge in [-0.2, -0.15) is 0 Å². The zero-order valence-electron chi connectivity index (χ0n) is 13.5. The summed E-state index contributed by atoms with van der Waals surface area (Å²) in [7, 11) is 1.76. The molecule has 0 aliphatic rings. The standard InChI is InChI=1S/C19H17BrN2O2/c1-13-17(21-18(24-13)15-6-4-3-5-7-15)19(23)22(2)12-14-8-10-16(20)11-9-14/h3-11H,12H2,1-2H3. The number of oxazole rings is 1. The Kier molecular flexibility index (Phi) is 4.81. The van der Waals surface area contributed by atoms with Crippen LogP contribution in [0.3, 0.4) is 0 Å². The van der Waals surface area contributed by atoms with Crippen molar-refractivity contribution in [2.24, 2.45) is 0 Å². The molecule has 2 aromatic carbocycles. The molecule has 4 nitrogen and oxygen atoms in total. The maximum Gasteiger partial charge on any atom is 0.276 e. The van der Waals surface area contributed by atoms with Crippen LogP contribution in [0.15, 0.2) is 63.5 Å². The van der Waals surface area contributed by atoms with Crippen molar-refractivity contribution in [2.75, 3.05) is 7.05 Å². The lowest BCUT2D eigenvalue weighted by Gasteiger charge is -2.16. The molecule has 24 heavy (non-hydrogen) atoms. The van der Waals surface area contributed by atoms with Gasteiger partial charge < -0.3 is 9.32 Å². The molecule has 0 atom stereocenters. The summed E-state index contributed by atoms with van der Waals surface area (Å²) in [6.07, 6.45) is 0. The van der Waals surface area contributed by atoms with Gasteiger partial charge in [-0.05, 0) is 36.8 Å². The number of carbonyl (C=O) groups excluding carboxylic acids is 1. The maximum atomic E-state index is 12.7. The number of benzene rings is 2. The topological polar surface area (TPSA) is 46.3 Å². The van der Waals surface area contributed by atoms with Gasteiger partial charge in [0.05, 0.1) is 0 Å². The first kappa shape index (κ1) is 16.5. The van der Waals surface area contributed by atoms with Gasteiger partial charge in [0.2, 0.25) is 5.89 Å². The molecular weight excluding hydrogens is 368 g/mol. The Labute approximate surface area is 149 Å². The number of nitrogens with zero attached hydrogens (tertiary/aromatic N) is 2. The summed E-state index contributed by atoms with van der Waals surface area (Å²) in [6.45, 7) is 2.28. The quantitative estimate of drug-likeness (QED) is 0.655. The fraction of sp³-hybridized carbons (Fsp3) is 0.158. The lowest BCUT2D eigenvalue weighted by molar-refractivity contribution is 0.0778. The smallest absolute Gasteiger partial charge is 0.276 e. The minimum atomic E-state index is -0.152. The van der Waals surface area contributed by atoms with Crippen LogP contribution in [-0.2, 0) is 6.54 Å². The van der Waals surface area contributed by atoms with Crippen molar-refractivity contribution >= 4 is 21.8 Å². The van der Waals surface area contributed by atoms with E-state index in [0.29, 0.717) is 23.9 Å². The van der Waals surface area contributed by atoms with Crippen LogP contribution in [0.25, 0.3) is 11.5 Å². The van der Waals surface area contributed by atoms with Gasteiger partial charge in [0.1, 0.15) is 5.76 Å². The molecule has 3 rings (SSSR count). The monoisotopic (exact) mass is 384 g/mol. The van der Waals surface area contributed by atoms with Crippen LogP contribution < -0.4 is 0 Å². The van der Waals surface area contributed by atoms with Crippen molar-refractivity contribution in [3.05, 3.63) is 76.1 Å². The molecule has 0 aliphatic carbocycles. The number of rotatable bonds is 4. The number of carbonyl (C=O) groups is 1. The normalized spacial score (nSPS) is 10.6. The molecule has 0 aliphatic heterocycles. The van der Waals surface area contributed by atoms with Gasteiger partial charge in [0, 0.05) is 23.6 Å². The summed E-state index contributed by atoms with van der Waals surface area (Å²) in [5, 5.41) is 0. The van der Waals surface area contributed by atoms with Crippen molar-refractivity contribution in [3.63, 3.8) is 0 Å². The van der Waals surface area contributed by atoms with Gasteiger partial charge in [-0.1, -0.05) is 46.3 Å². The lowest BCUT2D eigenvalue weighted by Crippen LogP contribution is -2.27. The molecule has 0 radical (unpaired) electrons. The van der Waals surface area contributed by atoms with E-state index in [2.05, 4.69) is 20.9 Å². The van der Waals surface area contributed by atoms with Crippen LogP contribution in [0.4, 0.5) is 0 Å². The molecule has 1 amide bonds. The highest BCUT2D eigenvalue weighted by Gasteiger charge is 2.21. The van der Waals surface area contributed by atoms with E-state index in [0.717, 1.165) is 15.6 Å². The van der Waals surface area contributed by atoms with Crippen molar-refractivity contribution < 1.29 is 9.21 Å². The molecule has 0 saturated carbocycles. The summed E-state index contributed by atoms with van der Waals surface area (Å²) >= 11 is 3.41. The molecule has 0 unspecified atom stereocenters. The average Bonchev–Trinajstić information content (AvgIpc) is 2.99. The van der Waals surface area contributed by atoms with Crippen LogP contribution in [0.2, 0.25) is 0 Å². The van der Waals surface area contributed by atoms with Crippen LogP contribution >= 0.6 is 15.9 Å². The van der Waals surface area contributed by atoms with E-state index in [1.54, 1.807) is 18.9 Å². The fourth-order valence-corrected chi connectivity index (χ4v) is 2.68. The Morgan fingerprint density at radius 3 is 2.46 bits per heavy atom. The SMILES string of the molecule is Cc1oc(-c2ccccc2)nc1C(=O)N(C)Cc1ccc(Br)cc1.